The molecule has 1 saturated carbocycles. The van der Waals surface area contributed by atoms with Crippen molar-refractivity contribution in [2.45, 2.75) is 110 Å². The molecule has 9 N–H and O–H groups in total. The second-order valence-corrected chi connectivity index (χ2v) is 8.66. The molecule has 1 rings (SSSR count). The lowest BCUT2D eigenvalue weighted by Gasteiger charge is -2.23. The first-order valence-electron chi connectivity index (χ1n) is 13.2. The van der Waals surface area contributed by atoms with Gasteiger partial charge in [-0.2, -0.15) is 0 Å². The van der Waals surface area contributed by atoms with Crippen molar-refractivity contribution in [1.29, 1.82) is 0 Å². The van der Waals surface area contributed by atoms with Crippen LogP contribution in [0.4, 0.5) is 13.6 Å². The Kier molecular flexibility index (Phi) is 28.0. The minimum Gasteiger partial charge on any atom is -0.480 e. The van der Waals surface area contributed by atoms with Crippen molar-refractivity contribution < 1.29 is 33.1 Å². The van der Waals surface area contributed by atoms with Gasteiger partial charge in [-0.3, -0.25) is 9.59 Å². The molecule has 0 heterocycles. The van der Waals surface area contributed by atoms with Crippen LogP contribution in [0.15, 0.2) is 0 Å². The van der Waals surface area contributed by atoms with Gasteiger partial charge in [0.1, 0.15) is 12.1 Å². The Morgan fingerprint density at radius 1 is 1.00 bits per heavy atom. The first kappa shape index (κ1) is 39.0. The molecule has 220 valence electrons. The Hall–Kier alpha value is -2.50. The minimum absolute atomic E-state index is 0.0327. The van der Waals surface area contributed by atoms with Crippen molar-refractivity contribution in [2.75, 3.05) is 13.5 Å². The van der Waals surface area contributed by atoms with E-state index >= 15 is 0 Å². The van der Waals surface area contributed by atoms with E-state index in [1.165, 1.54) is 32.1 Å². The van der Waals surface area contributed by atoms with Crippen LogP contribution < -0.4 is 27.8 Å². The van der Waals surface area contributed by atoms with Crippen molar-refractivity contribution in [2.24, 2.45) is 29.0 Å². The molecule has 0 aromatic rings. The average molecular weight is 540 g/mol. The average Bonchev–Trinajstić information content (AvgIpc) is 2.87. The Labute approximate surface area is 220 Å². The molecule has 0 spiro atoms. The number of alkyl halides is 2. The number of amides is 4. The lowest BCUT2D eigenvalue weighted by atomic mass is 9.86. The van der Waals surface area contributed by atoms with Gasteiger partial charge < -0.3 is 32.9 Å². The van der Waals surface area contributed by atoms with Crippen molar-refractivity contribution in [1.82, 2.24) is 10.6 Å². The number of carbonyl (C=O) groups is 4. The topological polar surface area (TPSA) is 191 Å². The molecule has 0 radical (unpaired) electrons. The van der Waals surface area contributed by atoms with Crippen molar-refractivity contribution in [3.05, 3.63) is 0 Å². The number of halogens is 2. The highest BCUT2D eigenvalue weighted by molar-refractivity contribution is 5.86. The van der Waals surface area contributed by atoms with Crippen molar-refractivity contribution in [3.8, 4) is 0 Å². The van der Waals surface area contributed by atoms with Crippen molar-refractivity contribution in [3.63, 3.8) is 0 Å². The van der Waals surface area contributed by atoms with Gasteiger partial charge in [-0.1, -0.05) is 66.2 Å². The number of aliphatic carboxylic acids is 1. The summed E-state index contributed by atoms with van der Waals surface area (Å²) in [7, 11) is 0. The molecule has 10 nitrogen and oxygen atoms in total. The molecular formula is C25H51F2N5O5. The summed E-state index contributed by atoms with van der Waals surface area (Å²) in [5.74, 6) is -0.753. The fourth-order valence-corrected chi connectivity index (χ4v) is 3.71. The second-order valence-electron chi connectivity index (χ2n) is 8.66. The van der Waals surface area contributed by atoms with Crippen LogP contribution in [0.1, 0.15) is 98.3 Å². The molecule has 0 aromatic heterocycles. The van der Waals surface area contributed by atoms with Gasteiger partial charge in [0.05, 0.1) is 0 Å². The SMILES string of the molecule is CC.CC[C@H](C)C(NC(=O)CCC1CCCCC1)C(N)=O.FCF.NCCCCC(NC(N)=O)C(=O)O. The monoisotopic (exact) mass is 539 g/mol. The van der Waals surface area contributed by atoms with E-state index in [9.17, 15) is 28.0 Å². The van der Waals surface area contributed by atoms with Crippen LogP contribution in [0.25, 0.3) is 0 Å². The van der Waals surface area contributed by atoms with Gasteiger partial charge in [0.25, 0.3) is 0 Å². The van der Waals surface area contributed by atoms with Gasteiger partial charge in [-0.05, 0) is 44.1 Å². The molecule has 4 amide bonds. The summed E-state index contributed by atoms with van der Waals surface area (Å²) in [6.45, 7) is 6.70. The van der Waals surface area contributed by atoms with Crippen LogP contribution in [-0.2, 0) is 14.4 Å². The number of rotatable bonds is 13. The van der Waals surface area contributed by atoms with E-state index in [2.05, 4.69) is 10.6 Å². The Morgan fingerprint density at radius 2 is 1.54 bits per heavy atom. The van der Waals surface area contributed by atoms with E-state index in [0.717, 1.165) is 19.3 Å². The van der Waals surface area contributed by atoms with E-state index in [4.69, 9.17) is 22.3 Å². The van der Waals surface area contributed by atoms with E-state index in [1.807, 2.05) is 27.7 Å². The number of nitrogens with two attached hydrogens (primary N) is 3. The maximum Gasteiger partial charge on any atom is 0.326 e. The molecule has 37 heavy (non-hydrogen) atoms. The number of hydrogen-bond acceptors (Lipinski definition) is 5. The molecule has 3 atom stereocenters. The van der Waals surface area contributed by atoms with Gasteiger partial charge >= 0.3 is 12.0 Å². The molecule has 0 aromatic carbocycles. The number of primary amides is 2. The quantitative estimate of drug-likeness (QED) is 0.194. The van der Waals surface area contributed by atoms with Crippen LogP contribution in [-0.4, -0.2) is 54.5 Å². The van der Waals surface area contributed by atoms with Crippen molar-refractivity contribution >= 4 is 23.8 Å². The van der Waals surface area contributed by atoms with E-state index in [-0.39, 0.29) is 11.8 Å². The van der Waals surface area contributed by atoms with E-state index in [1.54, 1.807) is 0 Å². The molecule has 1 aliphatic carbocycles. The molecule has 0 saturated heterocycles. The summed E-state index contributed by atoms with van der Waals surface area (Å²) in [6, 6.07) is -2.24. The Morgan fingerprint density at radius 3 is 1.95 bits per heavy atom. The van der Waals surface area contributed by atoms with Gasteiger partial charge in [-0.25, -0.2) is 18.4 Å². The van der Waals surface area contributed by atoms with E-state index < -0.39 is 36.9 Å². The maximum absolute atomic E-state index is 11.9. The zero-order chi connectivity index (χ0) is 29.2. The number of carbonyl (C=O) groups excluding carboxylic acids is 3. The number of carboxylic acids is 1. The lowest BCUT2D eigenvalue weighted by molar-refractivity contribution is -0.139. The second kappa shape index (κ2) is 26.6. The molecule has 12 heteroatoms. The fourth-order valence-electron chi connectivity index (χ4n) is 3.71. The Bertz CT molecular complexity index is 608. The molecule has 0 aliphatic heterocycles. The summed E-state index contributed by atoms with van der Waals surface area (Å²) in [6.07, 6.45) is 10.5. The summed E-state index contributed by atoms with van der Waals surface area (Å²) < 4.78 is 19.2. The highest BCUT2D eigenvalue weighted by Gasteiger charge is 2.24. The smallest absolute Gasteiger partial charge is 0.326 e. The number of urea groups is 1. The first-order valence-corrected chi connectivity index (χ1v) is 13.2. The molecule has 2 unspecified atom stereocenters. The fraction of sp³-hybridized carbons (Fsp3) is 0.840. The van der Waals surface area contributed by atoms with Crippen LogP contribution >= 0.6 is 0 Å². The minimum atomic E-state index is -1.75. The number of nitrogens with one attached hydrogen (secondary N) is 2. The predicted octanol–water partition coefficient (Wildman–Crippen LogP) is 3.51. The van der Waals surface area contributed by atoms with E-state index in [0.29, 0.717) is 31.7 Å². The Balaban J connectivity index is -0.000000559. The van der Waals surface area contributed by atoms with Crippen LogP contribution in [0.5, 0.6) is 0 Å². The number of hydrogen-bond donors (Lipinski definition) is 6. The number of carboxylic acid groups (broad SMARTS) is 1. The highest BCUT2D eigenvalue weighted by atomic mass is 19.3. The number of unbranched alkanes of at least 4 members (excludes halogenated alkanes) is 1. The first-order chi connectivity index (χ1) is 17.5. The predicted molar refractivity (Wildman–Crippen MR) is 142 cm³/mol. The molecule has 0 bridgehead atoms. The summed E-state index contributed by atoms with van der Waals surface area (Å²) in [5.41, 5.74) is 15.4. The third kappa shape index (κ3) is 23.6. The highest BCUT2D eigenvalue weighted by Crippen LogP contribution is 2.27. The standard InChI is InChI=1S/C15H28N2O2.C7H15N3O3.C2H6.CH2F2/c1-3-11(2)14(15(16)19)17-13(18)10-9-12-7-5-4-6-8-12;8-4-2-1-3-5(6(11)12)10-7(9)13;1-2;2-1-3/h11-12,14H,3-10H2,1-2H3,(H2,16,19)(H,17,18);5H,1-4,8H2,(H,11,12)(H3,9,10,13);1-2H3;1H2/t11-,14?;;;/m0.../s1. The zero-order valence-electron chi connectivity index (χ0n) is 23.1. The van der Waals surface area contributed by atoms with Gasteiger partial charge in [0.15, 0.2) is 0 Å². The lowest BCUT2D eigenvalue weighted by Crippen LogP contribution is -2.48. The third-order valence-electron chi connectivity index (χ3n) is 5.90. The largest absolute Gasteiger partial charge is 0.480 e. The summed E-state index contributed by atoms with van der Waals surface area (Å²) in [5, 5.41) is 13.5. The third-order valence-corrected chi connectivity index (χ3v) is 5.90. The van der Waals surface area contributed by atoms with Crippen LogP contribution in [0.3, 0.4) is 0 Å². The van der Waals surface area contributed by atoms with Gasteiger partial charge in [0.2, 0.25) is 18.7 Å². The zero-order valence-corrected chi connectivity index (χ0v) is 23.1. The van der Waals surface area contributed by atoms with Crippen LogP contribution in [0.2, 0.25) is 0 Å². The van der Waals surface area contributed by atoms with Gasteiger partial charge in [-0.15, -0.1) is 0 Å². The summed E-state index contributed by atoms with van der Waals surface area (Å²) >= 11 is 0. The normalized spacial score (nSPS) is 15.0. The molecular weight excluding hydrogens is 488 g/mol. The molecule has 1 aliphatic rings. The maximum atomic E-state index is 11.9. The summed E-state index contributed by atoms with van der Waals surface area (Å²) in [4.78, 5) is 44.1. The van der Waals surface area contributed by atoms with Crippen LogP contribution in [0, 0.1) is 11.8 Å². The molecule has 1 fully saturated rings. The van der Waals surface area contributed by atoms with Gasteiger partial charge in [0, 0.05) is 6.42 Å².